The van der Waals surface area contributed by atoms with E-state index in [9.17, 15) is 37.3 Å². The number of nitrogens with one attached hydrogen (secondary N) is 1. The second-order valence-electron chi connectivity index (χ2n) is 12.4. The molecule has 6 rings (SSSR count). The molecule has 0 amide bonds. The molecule has 0 aliphatic carbocycles. The van der Waals surface area contributed by atoms with Crippen molar-refractivity contribution in [1.82, 2.24) is 8.61 Å². The molecule has 0 spiro atoms. The number of benzene rings is 6. The largest absolute Gasteiger partial charge is 0.506 e. The van der Waals surface area contributed by atoms with Gasteiger partial charge in [0.25, 0.3) is 5.69 Å². The number of phenols is 4. The maximum absolute atomic E-state index is 12.6. The van der Waals surface area contributed by atoms with Gasteiger partial charge >= 0.3 is 0 Å². The number of hydrogen-bond donors (Lipinski definition) is 7. The Balaban J connectivity index is 0.000000256. The number of rotatable bonds is 12. The molecular formula is C38H37Cl2CrN6O10S2+. The minimum atomic E-state index is -3.77. The standard InChI is InChI=1S/2C19H18ClN3O5S.Cr/c2*1-23(8-9-24)29(27,28)14-4-5-15-12(10-14)2-6-18(26)19(15)22-21-16-11-13(20)3-7-17(16)25;/h2*2-7,10-11,24-26H,8-9H2,1H3;/p+1. The van der Waals surface area contributed by atoms with Crippen molar-refractivity contribution in [3.8, 4) is 23.0 Å². The van der Waals surface area contributed by atoms with E-state index in [0.717, 1.165) is 8.61 Å². The SMILES string of the molecule is CN(CCO)S(=O)(=O)c1ccc2c(N=Nc3cc(Cl)ccc3O)c(O)ccc2c1.CN(CCO)S(=O)(=O)c1ccc2c([NH+]=Nc3cc(Cl)ccc3O)c(O)ccc2c1.[Cr]. The fourth-order valence-electron chi connectivity index (χ4n) is 5.38. The van der Waals surface area contributed by atoms with Crippen molar-refractivity contribution < 1.29 is 70.0 Å². The average molecular weight is 925 g/mol. The summed E-state index contributed by atoms with van der Waals surface area (Å²) in [5.74, 6) is -0.480. The summed E-state index contributed by atoms with van der Waals surface area (Å²) in [6, 6.07) is 23.4. The Bertz CT molecular complexity index is 2590. The molecule has 0 bridgehead atoms. The fraction of sp³-hybridized carbons (Fsp3) is 0.158. The average Bonchev–Trinajstić information content (AvgIpc) is 3.19. The molecule has 310 valence electrons. The summed E-state index contributed by atoms with van der Waals surface area (Å²) in [6.07, 6.45) is 0. The number of halogens is 2. The van der Waals surface area contributed by atoms with E-state index in [1.54, 1.807) is 18.2 Å². The molecule has 0 saturated heterocycles. The molecule has 0 heterocycles. The number of sulfonamides is 2. The van der Waals surface area contributed by atoms with E-state index in [4.69, 9.17) is 33.4 Å². The van der Waals surface area contributed by atoms with Crippen LogP contribution in [0.15, 0.2) is 122 Å². The molecule has 7 N–H and O–H groups in total. The Morgan fingerprint density at radius 1 is 0.576 bits per heavy atom. The molecule has 6 aromatic rings. The van der Waals surface area contributed by atoms with Gasteiger partial charge in [-0.3, -0.25) is 0 Å². The van der Waals surface area contributed by atoms with Gasteiger partial charge in [-0.15, -0.1) is 10.2 Å². The smallest absolute Gasteiger partial charge is 0.278 e. The Kier molecular flexibility index (Phi) is 15.8. The Morgan fingerprint density at radius 2 is 1.03 bits per heavy atom. The number of phenolic OH excluding ortho intramolecular Hbond substituents is 4. The third-order valence-electron chi connectivity index (χ3n) is 8.58. The molecule has 0 aliphatic rings. The summed E-state index contributed by atoms with van der Waals surface area (Å²) in [5.41, 5.74) is 0.668. The van der Waals surface area contributed by atoms with Crippen LogP contribution in [0.5, 0.6) is 23.0 Å². The minimum absolute atomic E-state index is 0. The molecular weight excluding hydrogens is 887 g/mol. The monoisotopic (exact) mass is 923 g/mol. The Labute approximate surface area is 359 Å². The molecule has 0 saturated carbocycles. The van der Waals surface area contributed by atoms with E-state index < -0.39 is 20.0 Å². The Morgan fingerprint density at radius 3 is 1.58 bits per heavy atom. The van der Waals surface area contributed by atoms with Crippen LogP contribution in [-0.4, -0.2) is 96.5 Å². The number of fused-ring (bicyclic) bond motifs is 2. The predicted octanol–water partition coefficient (Wildman–Crippen LogP) is 5.94. The van der Waals surface area contributed by atoms with E-state index in [-0.39, 0.29) is 99.2 Å². The second-order valence-corrected chi connectivity index (χ2v) is 17.4. The van der Waals surface area contributed by atoms with Crippen molar-refractivity contribution in [1.29, 1.82) is 0 Å². The first-order valence-corrected chi connectivity index (χ1v) is 20.6. The number of hydrogen-bond acceptors (Lipinski definition) is 13. The second kappa shape index (κ2) is 19.9. The van der Waals surface area contributed by atoms with Gasteiger partial charge in [0.1, 0.15) is 28.6 Å². The fourth-order valence-corrected chi connectivity index (χ4v) is 8.11. The van der Waals surface area contributed by atoms with Crippen LogP contribution < -0.4 is 5.11 Å². The summed E-state index contributed by atoms with van der Waals surface area (Å²) < 4.78 is 52.5. The van der Waals surface area contributed by atoms with Crippen molar-refractivity contribution in [2.45, 2.75) is 9.79 Å². The first kappa shape index (κ1) is 46.8. The van der Waals surface area contributed by atoms with Crippen molar-refractivity contribution in [2.75, 3.05) is 40.4 Å². The quantitative estimate of drug-likeness (QED) is 0.0562. The summed E-state index contributed by atoms with van der Waals surface area (Å²) in [6.45, 7) is -0.634. The molecule has 0 aliphatic heterocycles. The van der Waals surface area contributed by atoms with Crippen LogP contribution in [0.3, 0.4) is 0 Å². The number of aliphatic hydroxyl groups excluding tert-OH is 2. The van der Waals surface area contributed by atoms with Crippen LogP contribution in [0.25, 0.3) is 21.5 Å². The van der Waals surface area contributed by atoms with Crippen LogP contribution >= 0.6 is 23.2 Å². The van der Waals surface area contributed by atoms with E-state index in [1.807, 2.05) is 0 Å². The van der Waals surface area contributed by atoms with Gasteiger partial charge in [-0.05, 0) is 89.6 Å². The molecule has 0 aromatic heterocycles. The number of nitrogens with zero attached hydrogens (tertiary/aromatic N) is 5. The summed E-state index contributed by atoms with van der Waals surface area (Å²) >= 11 is 11.8. The van der Waals surface area contributed by atoms with E-state index in [0.29, 0.717) is 31.6 Å². The molecule has 0 atom stereocenters. The molecule has 21 heteroatoms. The maximum Gasteiger partial charge on any atom is 0.278 e. The van der Waals surface area contributed by atoms with Gasteiger partial charge in [0, 0.05) is 65.1 Å². The minimum Gasteiger partial charge on any atom is -0.506 e. The van der Waals surface area contributed by atoms with E-state index in [2.05, 4.69) is 20.5 Å². The van der Waals surface area contributed by atoms with Gasteiger partial charge < -0.3 is 30.6 Å². The first-order chi connectivity index (χ1) is 27.5. The summed E-state index contributed by atoms with van der Waals surface area (Å²) in [7, 11) is -4.77. The summed E-state index contributed by atoms with van der Waals surface area (Å²) in [4.78, 5) is 0.101. The van der Waals surface area contributed by atoms with Gasteiger partial charge in [-0.2, -0.15) is 8.61 Å². The van der Waals surface area contributed by atoms with Gasteiger partial charge in [-0.1, -0.05) is 46.5 Å². The van der Waals surface area contributed by atoms with Crippen LogP contribution in [0.2, 0.25) is 10.0 Å². The van der Waals surface area contributed by atoms with Crippen molar-refractivity contribution in [3.63, 3.8) is 0 Å². The van der Waals surface area contributed by atoms with Crippen LogP contribution in [0.4, 0.5) is 22.7 Å². The van der Waals surface area contributed by atoms with E-state index >= 15 is 0 Å². The Hall–Kier alpha value is -4.91. The van der Waals surface area contributed by atoms with Crippen molar-refractivity contribution in [3.05, 3.63) is 107 Å². The molecule has 0 unspecified atom stereocenters. The predicted molar refractivity (Wildman–Crippen MR) is 218 cm³/mol. The molecule has 59 heavy (non-hydrogen) atoms. The molecule has 0 radical (unpaired) electrons. The number of aliphatic hydroxyl groups is 2. The zero-order valence-corrected chi connectivity index (χ0v) is 35.5. The third-order valence-corrected chi connectivity index (χ3v) is 12.8. The molecule has 6 aromatic carbocycles. The topological polar surface area (TPSA) is 247 Å². The molecule has 16 nitrogen and oxygen atoms in total. The molecule has 0 fully saturated rings. The maximum atomic E-state index is 12.6. The number of likely N-dealkylation sites (N-methyl/N-ethyl adjacent to an activating group) is 2. The van der Waals surface area contributed by atoms with Crippen LogP contribution in [-0.2, 0) is 37.4 Å². The summed E-state index contributed by atoms with van der Waals surface area (Å²) in [5, 5.41) is 75.7. The zero-order valence-electron chi connectivity index (χ0n) is 31.1. The normalized spacial score (nSPS) is 12.1. The zero-order chi connectivity index (χ0) is 42.4. The van der Waals surface area contributed by atoms with Gasteiger partial charge in [-0.25, -0.2) is 16.8 Å². The number of azo groups is 2. The number of aromatic hydroxyl groups is 4. The third kappa shape index (κ3) is 10.8. The van der Waals surface area contributed by atoms with Gasteiger partial charge in [0.2, 0.25) is 20.0 Å². The van der Waals surface area contributed by atoms with Gasteiger partial charge in [0.05, 0.1) is 28.4 Å². The van der Waals surface area contributed by atoms with Crippen LogP contribution in [0.1, 0.15) is 0 Å². The van der Waals surface area contributed by atoms with Crippen molar-refractivity contribution >= 4 is 87.5 Å². The van der Waals surface area contributed by atoms with E-state index in [1.165, 1.54) is 93.0 Å². The van der Waals surface area contributed by atoms with Crippen molar-refractivity contribution in [2.24, 2.45) is 15.3 Å². The van der Waals surface area contributed by atoms with Gasteiger partial charge in [0.15, 0.2) is 11.4 Å². The van der Waals surface area contributed by atoms with Crippen LogP contribution in [0, 0.1) is 0 Å². The first-order valence-electron chi connectivity index (χ1n) is 17.0.